The summed E-state index contributed by atoms with van der Waals surface area (Å²) in [4.78, 5) is 17.6. The first-order valence-electron chi connectivity index (χ1n) is 6.92. The summed E-state index contributed by atoms with van der Waals surface area (Å²) in [5.74, 6) is 0.267. The van der Waals surface area contributed by atoms with Crippen molar-refractivity contribution in [3.05, 3.63) is 35.6 Å². The topological polar surface area (TPSA) is 23.6 Å². The number of hydrogen-bond acceptors (Lipinski definition) is 3. The van der Waals surface area contributed by atoms with Crippen LogP contribution in [0.3, 0.4) is 0 Å². The molecule has 0 aromatic heterocycles. The maximum absolute atomic E-state index is 13.1. The van der Waals surface area contributed by atoms with Crippen LogP contribution in [0.4, 0.5) is 4.39 Å². The van der Waals surface area contributed by atoms with E-state index >= 15 is 0 Å². The van der Waals surface area contributed by atoms with Crippen LogP contribution in [0.15, 0.2) is 24.3 Å². The first-order chi connectivity index (χ1) is 9.17. The first kappa shape index (κ1) is 11.6. The minimum atomic E-state index is -0.425. The molecule has 0 saturated carbocycles. The second-order valence-corrected chi connectivity index (χ2v) is 6.12. The van der Waals surface area contributed by atoms with Crippen LogP contribution in [0.5, 0.6) is 0 Å². The van der Waals surface area contributed by atoms with E-state index in [-0.39, 0.29) is 11.7 Å². The molecule has 4 saturated heterocycles. The maximum Gasteiger partial charge on any atom is 0.151 e. The Morgan fingerprint density at radius 1 is 1.05 bits per heavy atom. The Morgan fingerprint density at radius 3 is 2.21 bits per heavy atom. The van der Waals surface area contributed by atoms with Gasteiger partial charge in [0, 0.05) is 45.2 Å². The fourth-order valence-electron chi connectivity index (χ4n) is 4.05. The van der Waals surface area contributed by atoms with E-state index in [1.165, 1.54) is 12.1 Å². The number of halogens is 1. The zero-order valence-corrected chi connectivity index (χ0v) is 10.8. The molecule has 0 spiro atoms. The third-order valence-electron chi connectivity index (χ3n) is 4.92. The van der Waals surface area contributed by atoms with E-state index in [9.17, 15) is 9.18 Å². The molecule has 5 rings (SSSR count). The zero-order valence-electron chi connectivity index (χ0n) is 10.8. The molecule has 3 nitrogen and oxygen atoms in total. The molecule has 19 heavy (non-hydrogen) atoms. The number of Topliss-reactive ketones (excluding diaryl/α,β-unsaturated/α-hetero) is 1. The minimum absolute atomic E-state index is 0.134. The Morgan fingerprint density at radius 2 is 1.63 bits per heavy atom. The van der Waals surface area contributed by atoms with Gasteiger partial charge in [-0.15, -0.1) is 0 Å². The third kappa shape index (κ3) is 1.60. The van der Waals surface area contributed by atoms with E-state index < -0.39 is 5.41 Å². The third-order valence-corrected chi connectivity index (χ3v) is 4.92. The summed E-state index contributed by atoms with van der Waals surface area (Å²) in [5, 5.41) is 0. The molecule has 4 heterocycles. The van der Waals surface area contributed by atoms with E-state index in [1.54, 1.807) is 12.1 Å². The summed E-state index contributed by atoms with van der Waals surface area (Å²) in [5.41, 5.74) is 0.561. The molecular formula is C15H17FN2O. The van der Waals surface area contributed by atoms with Crippen LogP contribution in [0.1, 0.15) is 5.56 Å². The highest BCUT2D eigenvalue weighted by Gasteiger charge is 2.54. The van der Waals surface area contributed by atoms with Crippen molar-refractivity contribution in [1.82, 2.24) is 9.80 Å². The van der Waals surface area contributed by atoms with Gasteiger partial charge in [-0.2, -0.15) is 0 Å². The minimum Gasteiger partial charge on any atom is -0.300 e. The van der Waals surface area contributed by atoms with Gasteiger partial charge in [-0.25, -0.2) is 4.39 Å². The molecule has 2 atom stereocenters. The lowest BCUT2D eigenvalue weighted by Crippen LogP contribution is -2.63. The second kappa shape index (κ2) is 3.87. The molecule has 4 aliphatic heterocycles. The highest BCUT2D eigenvalue weighted by atomic mass is 19.1. The number of fused-ring (bicyclic) bond motifs is 1. The van der Waals surface area contributed by atoms with Gasteiger partial charge < -0.3 is 0 Å². The Balaban J connectivity index is 1.83. The lowest BCUT2D eigenvalue weighted by molar-refractivity contribution is -0.137. The summed E-state index contributed by atoms with van der Waals surface area (Å²) >= 11 is 0. The van der Waals surface area contributed by atoms with Crippen LogP contribution >= 0.6 is 0 Å². The summed E-state index contributed by atoms with van der Waals surface area (Å²) in [7, 11) is 0. The lowest BCUT2D eigenvalue weighted by Gasteiger charge is -2.48. The van der Waals surface area contributed by atoms with Crippen molar-refractivity contribution in [3.63, 3.8) is 0 Å². The average Bonchev–Trinajstić information content (AvgIpc) is 2.64. The summed E-state index contributed by atoms with van der Waals surface area (Å²) in [6.45, 7) is 5.49. The first-order valence-corrected chi connectivity index (χ1v) is 6.92. The van der Waals surface area contributed by atoms with Gasteiger partial charge in [-0.1, -0.05) is 12.1 Å². The van der Waals surface area contributed by atoms with Crippen molar-refractivity contribution < 1.29 is 9.18 Å². The smallest absolute Gasteiger partial charge is 0.151 e. The fourth-order valence-corrected chi connectivity index (χ4v) is 4.05. The van der Waals surface area contributed by atoms with Crippen molar-refractivity contribution in [2.45, 2.75) is 5.41 Å². The van der Waals surface area contributed by atoms with Crippen LogP contribution < -0.4 is 0 Å². The molecule has 4 bridgehead atoms. The predicted molar refractivity (Wildman–Crippen MR) is 69.5 cm³/mol. The second-order valence-electron chi connectivity index (χ2n) is 6.12. The quantitative estimate of drug-likeness (QED) is 0.749. The van der Waals surface area contributed by atoms with Crippen LogP contribution in [0.25, 0.3) is 0 Å². The molecule has 1 aromatic rings. The molecular weight excluding hydrogens is 243 g/mol. The van der Waals surface area contributed by atoms with Crippen LogP contribution in [-0.2, 0) is 10.2 Å². The van der Waals surface area contributed by atoms with Crippen molar-refractivity contribution >= 4 is 5.78 Å². The van der Waals surface area contributed by atoms with E-state index in [4.69, 9.17) is 0 Å². The van der Waals surface area contributed by atoms with Gasteiger partial charge in [0.25, 0.3) is 0 Å². The number of benzene rings is 1. The standard InChI is InChI=1S/C15H17FN2O/c16-13-3-1-12(2-4-13)15-9-17-5-6-18(10-15)8-11(7-17)14(15)19/h1-4,11H,5-10H2. The van der Waals surface area contributed by atoms with Gasteiger partial charge >= 0.3 is 0 Å². The van der Waals surface area contributed by atoms with Crippen molar-refractivity contribution in [3.8, 4) is 0 Å². The number of carbonyl (C=O) groups is 1. The Bertz CT molecular complexity index is 511. The van der Waals surface area contributed by atoms with Crippen molar-refractivity contribution in [2.24, 2.45) is 5.92 Å². The largest absolute Gasteiger partial charge is 0.300 e. The number of rotatable bonds is 1. The van der Waals surface area contributed by atoms with Crippen LogP contribution in [0, 0.1) is 11.7 Å². The molecule has 100 valence electrons. The van der Waals surface area contributed by atoms with Gasteiger partial charge in [0.15, 0.2) is 5.78 Å². The maximum atomic E-state index is 13.1. The molecule has 0 radical (unpaired) electrons. The summed E-state index contributed by atoms with van der Waals surface area (Å²) in [6.07, 6.45) is 0. The average molecular weight is 260 g/mol. The van der Waals surface area contributed by atoms with Crippen molar-refractivity contribution in [1.29, 1.82) is 0 Å². The van der Waals surface area contributed by atoms with Gasteiger partial charge in [0.2, 0.25) is 0 Å². The SMILES string of the molecule is O=C1C2CN3CCN(C2)CC1(c1ccc(F)cc1)C3. The van der Waals surface area contributed by atoms with Gasteiger partial charge in [-0.3, -0.25) is 14.6 Å². The molecule has 0 N–H and O–H groups in total. The molecule has 1 aromatic carbocycles. The molecule has 0 amide bonds. The molecule has 0 aliphatic carbocycles. The Kier molecular flexibility index (Phi) is 2.35. The monoisotopic (exact) mass is 260 g/mol. The zero-order chi connectivity index (χ0) is 13.0. The van der Waals surface area contributed by atoms with Crippen LogP contribution in [0.2, 0.25) is 0 Å². The fraction of sp³-hybridized carbons (Fsp3) is 0.533. The summed E-state index contributed by atoms with van der Waals surface area (Å²) in [6, 6.07) is 6.54. The number of nitrogens with zero attached hydrogens (tertiary/aromatic N) is 2. The molecule has 2 unspecified atom stereocenters. The Hall–Kier alpha value is -1.26. The molecule has 4 heteroatoms. The van der Waals surface area contributed by atoms with Gasteiger partial charge in [-0.05, 0) is 17.7 Å². The van der Waals surface area contributed by atoms with E-state index in [0.29, 0.717) is 5.78 Å². The number of carbonyl (C=O) groups excluding carboxylic acids is 1. The van der Waals surface area contributed by atoms with Gasteiger partial charge in [0.1, 0.15) is 5.82 Å². The molecule has 4 fully saturated rings. The summed E-state index contributed by atoms with van der Waals surface area (Å²) < 4.78 is 13.1. The van der Waals surface area contributed by atoms with Gasteiger partial charge in [0.05, 0.1) is 5.41 Å². The highest BCUT2D eigenvalue weighted by Crippen LogP contribution is 2.40. The molecule has 4 aliphatic rings. The number of ketones is 1. The van der Waals surface area contributed by atoms with Crippen molar-refractivity contribution in [2.75, 3.05) is 39.3 Å². The van der Waals surface area contributed by atoms with E-state index in [0.717, 1.165) is 44.8 Å². The predicted octanol–water partition coefficient (Wildman–Crippen LogP) is 0.894. The van der Waals surface area contributed by atoms with E-state index in [1.807, 2.05) is 0 Å². The van der Waals surface area contributed by atoms with E-state index in [2.05, 4.69) is 9.80 Å². The normalized spacial score (nSPS) is 40.5. The number of hydrogen-bond donors (Lipinski definition) is 0. The Labute approximate surface area is 112 Å². The lowest BCUT2D eigenvalue weighted by atomic mass is 9.67. The highest BCUT2D eigenvalue weighted by molar-refractivity contribution is 5.94. The number of piperidine rings is 2. The van der Waals surface area contributed by atoms with Crippen LogP contribution in [-0.4, -0.2) is 54.9 Å².